The number of thiophene rings is 1. The van der Waals surface area contributed by atoms with E-state index < -0.39 is 5.60 Å². The third kappa shape index (κ3) is 2.74. The summed E-state index contributed by atoms with van der Waals surface area (Å²) in [5, 5.41) is 12.6. The van der Waals surface area contributed by atoms with E-state index in [1.165, 1.54) is 0 Å². The highest BCUT2D eigenvalue weighted by Gasteiger charge is 2.26. The van der Waals surface area contributed by atoms with Crippen LogP contribution >= 0.6 is 11.3 Å². The zero-order valence-corrected chi connectivity index (χ0v) is 11.5. The molecule has 0 aliphatic rings. The number of hydrogen-bond donors (Lipinski definition) is 1. The van der Waals surface area contributed by atoms with Crippen LogP contribution in [0.1, 0.15) is 30.7 Å². The summed E-state index contributed by atoms with van der Waals surface area (Å²) in [4.78, 5) is 0.949. The van der Waals surface area contributed by atoms with Crippen molar-refractivity contribution in [1.82, 2.24) is 0 Å². The van der Waals surface area contributed by atoms with Crippen LogP contribution in [0.3, 0.4) is 0 Å². The Morgan fingerprint density at radius 3 is 2.50 bits per heavy atom. The fraction of sp³-hybridized carbons (Fsp3) is 0.333. The van der Waals surface area contributed by atoms with Crippen molar-refractivity contribution in [2.24, 2.45) is 0 Å². The second-order valence-corrected chi connectivity index (χ2v) is 5.37. The Kier molecular flexibility index (Phi) is 4.04. The molecular formula is C15H18O2S. The van der Waals surface area contributed by atoms with E-state index in [-0.39, 0.29) is 0 Å². The fourth-order valence-corrected chi connectivity index (χ4v) is 2.60. The van der Waals surface area contributed by atoms with Crippen molar-refractivity contribution in [2.45, 2.75) is 25.9 Å². The smallest absolute Gasteiger partial charge is 0.121 e. The Morgan fingerprint density at radius 1 is 1.22 bits per heavy atom. The summed E-state index contributed by atoms with van der Waals surface area (Å²) in [6.45, 7) is 4.62. The third-order valence-corrected chi connectivity index (χ3v) is 3.97. The molecule has 0 saturated heterocycles. The molecule has 96 valence electrons. The summed E-state index contributed by atoms with van der Waals surface area (Å²) < 4.78 is 5.53. The molecule has 0 aliphatic heterocycles. The van der Waals surface area contributed by atoms with E-state index >= 15 is 0 Å². The van der Waals surface area contributed by atoms with Gasteiger partial charge in [-0.05, 0) is 42.5 Å². The van der Waals surface area contributed by atoms with Gasteiger partial charge in [-0.3, -0.25) is 0 Å². The molecule has 1 aromatic carbocycles. The van der Waals surface area contributed by atoms with Crippen molar-refractivity contribution in [3.63, 3.8) is 0 Å². The van der Waals surface area contributed by atoms with E-state index in [9.17, 15) is 5.11 Å². The monoisotopic (exact) mass is 262 g/mol. The van der Waals surface area contributed by atoms with Crippen LogP contribution in [0.4, 0.5) is 0 Å². The first-order chi connectivity index (χ1) is 8.64. The van der Waals surface area contributed by atoms with Crippen molar-refractivity contribution in [1.29, 1.82) is 0 Å². The molecule has 1 unspecified atom stereocenters. The molecule has 3 heteroatoms. The van der Waals surface area contributed by atoms with Crippen LogP contribution in [0.5, 0.6) is 5.75 Å². The molecule has 1 N–H and O–H groups in total. The van der Waals surface area contributed by atoms with Gasteiger partial charge < -0.3 is 9.84 Å². The topological polar surface area (TPSA) is 29.5 Å². The molecule has 1 atom stereocenters. The van der Waals surface area contributed by atoms with E-state index in [0.717, 1.165) is 29.2 Å². The van der Waals surface area contributed by atoms with Crippen LogP contribution < -0.4 is 4.74 Å². The Morgan fingerprint density at radius 2 is 1.94 bits per heavy atom. The van der Waals surface area contributed by atoms with Crippen LogP contribution in [-0.2, 0) is 5.60 Å². The van der Waals surface area contributed by atoms with Crippen molar-refractivity contribution in [2.75, 3.05) is 6.61 Å². The first-order valence-electron chi connectivity index (χ1n) is 6.14. The Labute approximate surface area is 112 Å². The van der Waals surface area contributed by atoms with Gasteiger partial charge in [-0.2, -0.15) is 0 Å². The Balaban J connectivity index is 2.18. The van der Waals surface area contributed by atoms with E-state index in [1.54, 1.807) is 11.3 Å². The summed E-state index contributed by atoms with van der Waals surface area (Å²) in [5.41, 5.74) is -0.0499. The van der Waals surface area contributed by atoms with E-state index in [2.05, 4.69) is 6.92 Å². The van der Waals surface area contributed by atoms with Gasteiger partial charge in [0.2, 0.25) is 0 Å². The SMILES string of the molecule is CCCOc1ccc(C(C)(O)c2cccs2)cc1. The van der Waals surface area contributed by atoms with Crippen LogP contribution in [0.25, 0.3) is 0 Å². The second-order valence-electron chi connectivity index (χ2n) is 4.42. The van der Waals surface area contributed by atoms with Gasteiger partial charge in [-0.25, -0.2) is 0 Å². The van der Waals surface area contributed by atoms with E-state index in [1.807, 2.05) is 48.7 Å². The van der Waals surface area contributed by atoms with Crippen LogP contribution in [0.15, 0.2) is 41.8 Å². The van der Waals surface area contributed by atoms with Gasteiger partial charge in [0.05, 0.1) is 6.61 Å². The highest BCUT2D eigenvalue weighted by atomic mass is 32.1. The van der Waals surface area contributed by atoms with Gasteiger partial charge in [0, 0.05) is 4.88 Å². The predicted molar refractivity (Wildman–Crippen MR) is 75.2 cm³/mol. The van der Waals surface area contributed by atoms with Crippen molar-refractivity contribution < 1.29 is 9.84 Å². The largest absolute Gasteiger partial charge is 0.494 e. The van der Waals surface area contributed by atoms with Crippen LogP contribution in [0.2, 0.25) is 0 Å². The Bertz CT molecular complexity index is 472. The Hall–Kier alpha value is -1.32. The molecule has 0 fully saturated rings. The molecule has 2 rings (SSSR count). The van der Waals surface area contributed by atoms with E-state index in [4.69, 9.17) is 4.74 Å². The highest BCUT2D eigenvalue weighted by molar-refractivity contribution is 7.10. The van der Waals surface area contributed by atoms with Gasteiger partial charge in [0.15, 0.2) is 0 Å². The summed E-state index contributed by atoms with van der Waals surface area (Å²) in [7, 11) is 0. The molecule has 0 saturated carbocycles. The molecule has 18 heavy (non-hydrogen) atoms. The molecule has 1 heterocycles. The maximum atomic E-state index is 10.6. The van der Waals surface area contributed by atoms with Crippen molar-refractivity contribution in [3.8, 4) is 5.75 Å². The maximum absolute atomic E-state index is 10.6. The molecule has 0 bridgehead atoms. The summed E-state index contributed by atoms with van der Waals surface area (Å²) in [5.74, 6) is 0.850. The van der Waals surface area contributed by atoms with Crippen LogP contribution in [-0.4, -0.2) is 11.7 Å². The second kappa shape index (κ2) is 5.55. The minimum atomic E-state index is -0.933. The lowest BCUT2D eigenvalue weighted by Gasteiger charge is -2.22. The van der Waals surface area contributed by atoms with Gasteiger partial charge in [-0.15, -0.1) is 11.3 Å². The van der Waals surface area contributed by atoms with Crippen molar-refractivity contribution >= 4 is 11.3 Å². The molecule has 1 aromatic heterocycles. The number of hydrogen-bond acceptors (Lipinski definition) is 3. The normalized spacial score (nSPS) is 14.2. The summed E-state index contributed by atoms with van der Waals surface area (Å²) >= 11 is 1.56. The van der Waals surface area contributed by atoms with E-state index in [0.29, 0.717) is 0 Å². The number of rotatable bonds is 5. The standard InChI is InChI=1S/C15H18O2S/c1-3-10-17-13-8-6-12(7-9-13)15(2,16)14-5-4-11-18-14/h4-9,11,16H,3,10H2,1-2H3. The summed E-state index contributed by atoms with van der Waals surface area (Å²) in [6.07, 6.45) is 0.995. The number of aliphatic hydroxyl groups is 1. The predicted octanol–water partition coefficient (Wildman–Crippen LogP) is 3.79. The lowest BCUT2D eigenvalue weighted by atomic mass is 9.94. The van der Waals surface area contributed by atoms with Crippen molar-refractivity contribution in [3.05, 3.63) is 52.2 Å². The zero-order valence-electron chi connectivity index (χ0n) is 10.7. The molecule has 2 nitrogen and oxygen atoms in total. The minimum Gasteiger partial charge on any atom is -0.494 e. The molecule has 0 amide bonds. The number of benzene rings is 1. The molecule has 0 aliphatic carbocycles. The van der Waals surface area contributed by atoms with Gasteiger partial charge >= 0.3 is 0 Å². The lowest BCUT2D eigenvalue weighted by molar-refractivity contribution is 0.106. The molecular weight excluding hydrogens is 244 g/mol. The maximum Gasteiger partial charge on any atom is 0.121 e. The first kappa shape index (κ1) is 13.1. The van der Waals surface area contributed by atoms with Crippen LogP contribution in [0, 0.1) is 0 Å². The molecule has 0 spiro atoms. The highest BCUT2D eigenvalue weighted by Crippen LogP contribution is 2.32. The quantitative estimate of drug-likeness (QED) is 0.888. The van der Waals surface area contributed by atoms with Gasteiger partial charge in [0.1, 0.15) is 11.4 Å². The third-order valence-electron chi connectivity index (χ3n) is 2.89. The average molecular weight is 262 g/mol. The fourth-order valence-electron chi connectivity index (χ4n) is 1.79. The average Bonchev–Trinajstić information content (AvgIpc) is 2.91. The summed E-state index contributed by atoms with van der Waals surface area (Å²) in [6, 6.07) is 11.6. The van der Waals surface area contributed by atoms with Gasteiger partial charge in [0.25, 0.3) is 0 Å². The zero-order chi connectivity index (χ0) is 13.0. The minimum absolute atomic E-state index is 0.723. The van der Waals surface area contributed by atoms with Gasteiger partial charge in [-0.1, -0.05) is 25.1 Å². The lowest BCUT2D eigenvalue weighted by Crippen LogP contribution is -2.21. The molecule has 2 aromatic rings. The molecule has 0 radical (unpaired) electrons. The number of ether oxygens (including phenoxy) is 1. The first-order valence-corrected chi connectivity index (χ1v) is 7.02.